The number of nitrogens with zero attached hydrogens (tertiary/aromatic N) is 6. The summed E-state index contributed by atoms with van der Waals surface area (Å²) in [4.78, 5) is 33.4. The number of rotatable bonds is 7. The lowest BCUT2D eigenvalue weighted by molar-refractivity contribution is 0.0914. The molecule has 3 fully saturated rings. The smallest absolute Gasteiger partial charge is 0.271 e. The Balaban J connectivity index is 0.898. The SMILES string of the molecule is O=C(NC1CCC(CCN2CCN(c3nccc4c3CCO4)CC2)CC1)c1cnc(N2CCOCC2)cn1. The number of carbonyl (C=O) groups excluding carboxylic acids is 1. The first-order valence-electron chi connectivity index (χ1n) is 14.3. The second-order valence-corrected chi connectivity index (χ2v) is 10.9. The summed E-state index contributed by atoms with van der Waals surface area (Å²) < 4.78 is 11.1. The zero-order chi connectivity index (χ0) is 25.7. The molecule has 6 rings (SSSR count). The first-order valence-corrected chi connectivity index (χ1v) is 14.3. The van der Waals surface area contributed by atoms with Crippen LogP contribution in [0.2, 0.25) is 0 Å². The molecule has 10 nitrogen and oxygen atoms in total. The van der Waals surface area contributed by atoms with Gasteiger partial charge in [0.1, 0.15) is 23.1 Å². The number of amides is 1. The predicted octanol–water partition coefficient (Wildman–Crippen LogP) is 2.14. The summed E-state index contributed by atoms with van der Waals surface area (Å²) in [5, 5.41) is 3.19. The molecule has 38 heavy (non-hydrogen) atoms. The molecular formula is C28H39N7O3. The van der Waals surface area contributed by atoms with Crippen molar-refractivity contribution < 1.29 is 14.3 Å². The van der Waals surface area contributed by atoms with Crippen molar-refractivity contribution in [2.24, 2.45) is 5.92 Å². The van der Waals surface area contributed by atoms with Crippen LogP contribution >= 0.6 is 0 Å². The van der Waals surface area contributed by atoms with Gasteiger partial charge in [-0.1, -0.05) is 0 Å². The van der Waals surface area contributed by atoms with Crippen molar-refractivity contribution >= 4 is 17.5 Å². The van der Waals surface area contributed by atoms with Crippen LogP contribution in [-0.4, -0.2) is 97.4 Å². The summed E-state index contributed by atoms with van der Waals surface area (Å²) in [5.41, 5.74) is 1.67. The lowest BCUT2D eigenvalue weighted by Crippen LogP contribution is -2.47. The van der Waals surface area contributed by atoms with Crippen molar-refractivity contribution in [3.05, 3.63) is 35.9 Å². The highest BCUT2D eigenvalue weighted by molar-refractivity contribution is 5.92. The van der Waals surface area contributed by atoms with Gasteiger partial charge in [-0.05, 0) is 50.6 Å². The number of hydrogen-bond donors (Lipinski definition) is 1. The molecule has 0 atom stereocenters. The van der Waals surface area contributed by atoms with E-state index in [1.54, 1.807) is 12.4 Å². The van der Waals surface area contributed by atoms with Crippen molar-refractivity contribution in [3.63, 3.8) is 0 Å². The molecule has 0 aromatic carbocycles. The normalized spacial score (nSPS) is 24.1. The molecular weight excluding hydrogens is 482 g/mol. The van der Waals surface area contributed by atoms with Gasteiger partial charge in [-0.25, -0.2) is 15.0 Å². The molecule has 0 unspecified atom stereocenters. The Bertz CT molecular complexity index is 1080. The van der Waals surface area contributed by atoms with Gasteiger partial charge in [0.2, 0.25) is 0 Å². The topological polar surface area (TPSA) is 96.0 Å². The van der Waals surface area contributed by atoms with Crippen LogP contribution in [0.3, 0.4) is 0 Å². The monoisotopic (exact) mass is 521 g/mol. The maximum absolute atomic E-state index is 12.7. The van der Waals surface area contributed by atoms with E-state index in [9.17, 15) is 4.79 Å². The molecule has 5 heterocycles. The van der Waals surface area contributed by atoms with E-state index >= 15 is 0 Å². The average Bonchev–Trinajstić information content (AvgIpc) is 3.47. The van der Waals surface area contributed by atoms with Crippen LogP contribution < -0.4 is 19.9 Å². The Morgan fingerprint density at radius 2 is 1.74 bits per heavy atom. The van der Waals surface area contributed by atoms with E-state index in [0.29, 0.717) is 18.9 Å². The summed E-state index contributed by atoms with van der Waals surface area (Å²) in [7, 11) is 0. The number of nitrogens with one attached hydrogen (secondary N) is 1. The maximum Gasteiger partial charge on any atom is 0.271 e. The molecule has 3 aliphatic heterocycles. The van der Waals surface area contributed by atoms with Crippen LogP contribution in [0.1, 0.15) is 48.2 Å². The van der Waals surface area contributed by atoms with Gasteiger partial charge in [0, 0.05) is 63.5 Å². The van der Waals surface area contributed by atoms with E-state index in [-0.39, 0.29) is 11.9 Å². The van der Waals surface area contributed by atoms with E-state index in [0.717, 1.165) is 95.0 Å². The number of morpholine rings is 1. The van der Waals surface area contributed by atoms with Crippen molar-refractivity contribution in [2.45, 2.75) is 44.6 Å². The number of carbonyl (C=O) groups is 1. The van der Waals surface area contributed by atoms with E-state index in [2.05, 4.69) is 35.0 Å². The lowest BCUT2D eigenvalue weighted by Gasteiger charge is -2.37. The van der Waals surface area contributed by atoms with Gasteiger partial charge in [-0.15, -0.1) is 0 Å². The molecule has 1 aliphatic carbocycles. The fraction of sp³-hybridized carbons (Fsp3) is 0.643. The molecule has 0 radical (unpaired) electrons. The Morgan fingerprint density at radius 1 is 0.921 bits per heavy atom. The number of ether oxygens (including phenoxy) is 2. The van der Waals surface area contributed by atoms with Crippen LogP contribution in [0.4, 0.5) is 11.6 Å². The van der Waals surface area contributed by atoms with Crippen LogP contribution in [0.15, 0.2) is 24.7 Å². The summed E-state index contributed by atoms with van der Waals surface area (Å²) in [6.07, 6.45) is 11.8. The highest BCUT2D eigenvalue weighted by Crippen LogP contribution is 2.32. The third-order valence-electron chi connectivity index (χ3n) is 8.51. The third-order valence-corrected chi connectivity index (χ3v) is 8.51. The third kappa shape index (κ3) is 5.86. The molecule has 1 amide bonds. The Labute approximate surface area is 224 Å². The minimum absolute atomic E-state index is 0.113. The predicted molar refractivity (Wildman–Crippen MR) is 145 cm³/mol. The van der Waals surface area contributed by atoms with Crippen molar-refractivity contribution in [1.82, 2.24) is 25.2 Å². The molecule has 204 valence electrons. The first-order chi connectivity index (χ1) is 18.7. The molecule has 2 aromatic rings. The van der Waals surface area contributed by atoms with E-state index < -0.39 is 0 Å². The fourth-order valence-corrected chi connectivity index (χ4v) is 6.17. The molecule has 0 spiro atoms. The van der Waals surface area contributed by atoms with E-state index in [4.69, 9.17) is 9.47 Å². The Morgan fingerprint density at radius 3 is 2.50 bits per heavy atom. The molecule has 1 saturated carbocycles. The standard InChI is InChI=1S/C28H39N7O3/c36-28(24-19-31-26(20-30-24)34-14-17-37-18-15-34)32-22-3-1-21(2-4-22)6-9-33-10-12-35(13-11-33)27-23-7-16-38-25(23)5-8-29-27/h5,8,19-22H,1-4,6-7,9-18H2,(H,32,36). The number of pyridine rings is 1. The van der Waals surface area contributed by atoms with E-state index in [1.165, 1.54) is 24.8 Å². The second kappa shape index (κ2) is 11.8. The molecule has 4 aliphatic rings. The van der Waals surface area contributed by atoms with Crippen molar-refractivity contribution in [1.29, 1.82) is 0 Å². The number of hydrogen-bond acceptors (Lipinski definition) is 9. The van der Waals surface area contributed by atoms with Crippen LogP contribution in [0.5, 0.6) is 5.75 Å². The molecule has 0 bridgehead atoms. The van der Waals surface area contributed by atoms with Crippen molar-refractivity contribution in [3.8, 4) is 5.75 Å². The lowest BCUT2D eigenvalue weighted by atomic mass is 9.84. The summed E-state index contributed by atoms with van der Waals surface area (Å²) >= 11 is 0. The maximum atomic E-state index is 12.7. The van der Waals surface area contributed by atoms with Gasteiger partial charge >= 0.3 is 0 Å². The highest BCUT2D eigenvalue weighted by Gasteiger charge is 2.27. The Kier molecular flexibility index (Phi) is 7.87. The van der Waals surface area contributed by atoms with Crippen LogP contribution in [-0.2, 0) is 11.2 Å². The number of fused-ring (bicyclic) bond motifs is 1. The zero-order valence-corrected chi connectivity index (χ0v) is 22.2. The summed E-state index contributed by atoms with van der Waals surface area (Å²) in [5.74, 6) is 3.57. The molecule has 2 saturated heterocycles. The zero-order valence-electron chi connectivity index (χ0n) is 22.2. The minimum Gasteiger partial charge on any atom is -0.493 e. The molecule has 10 heteroatoms. The summed E-state index contributed by atoms with van der Waals surface area (Å²) in [6.45, 7) is 9.17. The first kappa shape index (κ1) is 25.3. The Hall–Kier alpha value is -2.98. The van der Waals surface area contributed by atoms with Gasteiger partial charge in [-0.3, -0.25) is 9.69 Å². The van der Waals surface area contributed by atoms with Gasteiger partial charge in [0.15, 0.2) is 0 Å². The average molecular weight is 522 g/mol. The number of piperazine rings is 1. The number of aromatic nitrogens is 3. The second-order valence-electron chi connectivity index (χ2n) is 10.9. The van der Waals surface area contributed by atoms with Gasteiger partial charge in [0.25, 0.3) is 5.91 Å². The fourth-order valence-electron chi connectivity index (χ4n) is 6.17. The molecule has 1 N–H and O–H groups in total. The van der Waals surface area contributed by atoms with Gasteiger partial charge in [0.05, 0.1) is 32.2 Å². The van der Waals surface area contributed by atoms with Crippen molar-refractivity contribution in [2.75, 3.05) is 75.4 Å². The van der Waals surface area contributed by atoms with Crippen LogP contribution in [0.25, 0.3) is 0 Å². The summed E-state index contributed by atoms with van der Waals surface area (Å²) in [6, 6.07) is 2.22. The minimum atomic E-state index is -0.113. The highest BCUT2D eigenvalue weighted by atomic mass is 16.5. The van der Waals surface area contributed by atoms with Crippen LogP contribution in [0, 0.1) is 5.92 Å². The molecule has 2 aromatic heterocycles. The van der Waals surface area contributed by atoms with E-state index in [1.807, 2.05) is 12.3 Å². The quantitative estimate of drug-likeness (QED) is 0.588. The largest absolute Gasteiger partial charge is 0.493 e. The number of anilines is 2. The van der Waals surface area contributed by atoms with Gasteiger partial charge < -0.3 is 24.6 Å². The van der Waals surface area contributed by atoms with Gasteiger partial charge in [-0.2, -0.15) is 0 Å².